The summed E-state index contributed by atoms with van der Waals surface area (Å²) in [7, 11) is 0. The van der Waals surface area contributed by atoms with E-state index in [0.29, 0.717) is 0 Å². The van der Waals surface area contributed by atoms with Crippen LogP contribution in [0.1, 0.15) is 6.42 Å². The molecule has 0 unspecified atom stereocenters. The molecule has 0 saturated heterocycles. The number of carboxylic acid groups (broad SMARTS) is 1. The summed E-state index contributed by atoms with van der Waals surface area (Å²) in [5.74, 6) is -1.40. The van der Waals surface area contributed by atoms with E-state index < -0.39 is 27.9 Å². The first-order valence-corrected chi connectivity index (χ1v) is 3.81. The van der Waals surface area contributed by atoms with E-state index in [1.54, 1.807) is 0 Å². The number of nitrogens with zero attached hydrogens (tertiary/aromatic N) is 2. The van der Waals surface area contributed by atoms with Crippen LogP contribution in [-0.4, -0.2) is 26.6 Å². The van der Waals surface area contributed by atoms with Crippen LogP contribution < -0.4 is 0 Å². The summed E-state index contributed by atoms with van der Waals surface area (Å²) in [5, 5.41) is 29.7. The molecule has 8 nitrogen and oxygen atoms in total. The van der Waals surface area contributed by atoms with Crippen LogP contribution in [0.4, 0.5) is 0 Å². The van der Waals surface area contributed by atoms with Crippen molar-refractivity contribution in [3.8, 4) is 0 Å². The van der Waals surface area contributed by atoms with Gasteiger partial charge in [0.2, 0.25) is 0 Å². The zero-order valence-electron chi connectivity index (χ0n) is 7.32. The first-order chi connectivity index (χ1) is 6.90. The smallest absolute Gasteiger partial charge is 0.478 e. The molecule has 15 heavy (non-hydrogen) atoms. The highest BCUT2D eigenvalue weighted by molar-refractivity contribution is 5.87. The summed E-state index contributed by atoms with van der Waals surface area (Å²) in [6, 6.07) is 0. The van der Waals surface area contributed by atoms with Crippen LogP contribution >= 0.6 is 0 Å². The lowest BCUT2D eigenvalue weighted by atomic mass is 9.95. The number of carboxylic acids is 1. The molecule has 0 heterocycles. The average molecular weight is 214 g/mol. The monoisotopic (exact) mass is 214 g/mol. The summed E-state index contributed by atoms with van der Waals surface area (Å²) in [6.45, 7) is 0. The van der Waals surface area contributed by atoms with Crippen LogP contribution in [0.2, 0.25) is 0 Å². The maximum absolute atomic E-state index is 10.6. The average Bonchev–Trinajstić information content (AvgIpc) is 2.17. The molecule has 0 aromatic rings. The Morgan fingerprint density at radius 3 is 2.33 bits per heavy atom. The van der Waals surface area contributed by atoms with Gasteiger partial charge in [-0.15, -0.1) is 0 Å². The van der Waals surface area contributed by atoms with Gasteiger partial charge in [0, 0.05) is 0 Å². The molecular weight excluding hydrogens is 208 g/mol. The molecule has 0 saturated carbocycles. The molecule has 1 rings (SSSR count). The van der Waals surface area contributed by atoms with E-state index in [1.165, 1.54) is 0 Å². The molecule has 0 spiro atoms. The lowest BCUT2D eigenvalue weighted by Crippen LogP contribution is -2.46. The van der Waals surface area contributed by atoms with Gasteiger partial charge in [-0.05, 0) is 0 Å². The molecule has 0 aromatic heterocycles. The Kier molecular flexibility index (Phi) is 2.51. The Balaban J connectivity index is 3.14. The lowest BCUT2D eigenvalue weighted by molar-refractivity contribution is -0.780. The normalized spacial score (nSPS) is 18.0. The maximum Gasteiger partial charge on any atom is 0.482 e. The van der Waals surface area contributed by atoms with Crippen LogP contribution in [0.15, 0.2) is 23.8 Å². The molecule has 0 radical (unpaired) electrons. The van der Waals surface area contributed by atoms with Crippen molar-refractivity contribution in [3.63, 3.8) is 0 Å². The molecular formula is C7H6N2O6. The highest BCUT2D eigenvalue weighted by Gasteiger charge is 2.55. The molecule has 0 bridgehead atoms. The Labute approximate surface area is 82.8 Å². The van der Waals surface area contributed by atoms with E-state index in [0.717, 1.165) is 18.2 Å². The molecule has 0 aliphatic heterocycles. The van der Waals surface area contributed by atoms with Crippen molar-refractivity contribution in [1.29, 1.82) is 0 Å². The molecule has 0 amide bonds. The van der Waals surface area contributed by atoms with Gasteiger partial charge in [0.25, 0.3) is 0 Å². The third-order valence-corrected chi connectivity index (χ3v) is 2.02. The summed E-state index contributed by atoms with van der Waals surface area (Å²) in [4.78, 5) is 29.5. The molecule has 0 atom stereocenters. The maximum atomic E-state index is 10.6. The van der Waals surface area contributed by atoms with Crippen molar-refractivity contribution in [3.05, 3.63) is 44.0 Å². The second kappa shape index (κ2) is 3.48. The topological polar surface area (TPSA) is 124 Å². The fraction of sp³-hybridized carbons (Fsp3) is 0.286. The van der Waals surface area contributed by atoms with Crippen LogP contribution in [0.25, 0.3) is 0 Å². The Morgan fingerprint density at radius 1 is 1.40 bits per heavy atom. The van der Waals surface area contributed by atoms with Gasteiger partial charge in [-0.1, -0.05) is 12.2 Å². The highest BCUT2D eigenvalue weighted by Crippen LogP contribution is 2.26. The third kappa shape index (κ3) is 1.68. The Morgan fingerprint density at radius 2 is 1.93 bits per heavy atom. The quantitative estimate of drug-likeness (QED) is 0.406. The second-order valence-electron chi connectivity index (χ2n) is 2.93. The number of nitro groups is 2. The summed E-state index contributed by atoms with van der Waals surface area (Å²) in [6.07, 6.45) is 2.14. The Bertz CT molecular complexity index is 382. The second-order valence-corrected chi connectivity index (χ2v) is 2.93. The first kappa shape index (κ1) is 10.8. The number of rotatable bonds is 3. The van der Waals surface area contributed by atoms with Gasteiger partial charge in [0.05, 0.1) is 11.6 Å². The standard InChI is InChI=1S/C7H6N2O6/c10-6(11)5-2-1-3-7(4-5,8(12)13)9(14)15/h1-3H,4H2,(H,10,11). The number of allylic oxidation sites excluding steroid dienone is 2. The molecule has 8 heteroatoms. The highest BCUT2D eigenvalue weighted by atomic mass is 16.7. The molecule has 80 valence electrons. The minimum absolute atomic E-state index is 0.356. The van der Waals surface area contributed by atoms with Crippen LogP contribution in [0.5, 0.6) is 0 Å². The Hall–Kier alpha value is -2.25. The van der Waals surface area contributed by atoms with Crippen LogP contribution in [0, 0.1) is 20.2 Å². The van der Waals surface area contributed by atoms with Gasteiger partial charge in [0.1, 0.15) is 16.3 Å². The number of hydrogen-bond donors (Lipinski definition) is 1. The van der Waals surface area contributed by atoms with Crippen molar-refractivity contribution in [1.82, 2.24) is 0 Å². The minimum Gasteiger partial charge on any atom is -0.478 e. The number of carbonyl (C=O) groups is 1. The number of hydrogen-bond acceptors (Lipinski definition) is 5. The molecule has 0 aromatic carbocycles. The fourth-order valence-corrected chi connectivity index (χ4v) is 1.18. The van der Waals surface area contributed by atoms with Gasteiger partial charge >= 0.3 is 11.6 Å². The molecule has 1 N–H and O–H groups in total. The van der Waals surface area contributed by atoms with Crippen LogP contribution in [0.3, 0.4) is 0 Å². The summed E-state index contributed by atoms with van der Waals surface area (Å²) < 4.78 is 0. The van der Waals surface area contributed by atoms with E-state index in [9.17, 15) is 25.0 Å². The van der Waals surface area contributed by atoms with Crippen molar-refractivity contribution >= 4 is 5.97 Å². The van der Waals surface area contributed by atoms with E-state index in [4.69, 9.17) is 5.11 Å². The van der Waals surface area contributed by atoms with Gasteiger partial charge in [-0.3, -0.25) is 20.2 Å². The molecule has 1 aliphatic rings. The van der Waals surface area contributed by atoms with Crippen LogP contribution in [-0.2, 0) is 4.79 Å². The van der Waals surface area contributed by atoms with E-state index in [-0.39, 0.29) is 5.57 Å². The third-order valence-electron chi connectivity index (χ3n) is 2.02. The van der Waals surface area contributed by atoms with Gasteiger partial charge in [-0.2, -0.15) is 0 Å². The zero-order valence-corrected chi connectivity index (χ0v) is 7.32. The van der Waals surface area contributed by atoms with E-state index >= 15 is 0 Å². The van der Waals surface area contributed by atoms with E-state index in [2.05, 4.69) is 0 Å². The molecule has 1 aliphatic carbocycles. The van der Waals surface area contributed by atoms with Gasteiger partial charge in [0.15, 0.2) is 0 Å². The largest absolute Gasteiger partial charge is 0.482 e. The lowest BCUT2D eigenvalue weighted by Gasteiger charge is -2.15. The van der Waals surface area contributed by atoms with Gasteiger partial charge < -0.3 is 5.11 Å². The minimum atomic E-state index is -2.55. The first-order valence-electron chi connectivity index (χ1n) is 3.81. The SMILES string of the molecule is O=C(O)C1=CC=CC([N+](=O)[O-])([N+](=O)[O-])C1. The number of aliphatic carboxylic acids is 1. The predicted molar refractivity (Wildman–Crippen MR) is 46.2 cm³/mol. The van der Waals surface area contributed by atoms with Crippen molar-refractivity contribution in [2.24, 2.45) is 0 Å². The van der Waals surface area contributed by atoms with Crippen molar-refractivity contribution in [2.75, 3.05) is 0 Å². The molecule has 0 fully saturated rings. The predicted octanol–water partition coefficient (Wildman–Crippen LogP) is 0.207. The summed E-state index contributed by atoms with van der Waals surface area (Å²) in [5.41, 5.74) is -2.91. The van der Waals surface area contributed by atoms with Crippen molar-refractivity contribution < 1.29 is 19.7 Å². The van der Waals surface area contributed by atoms with Crippen molar-refractivity contribution in [2.45, 2.75) is 12.1 Å². The van der Waals surface area contributed by atoms with Gasteiger partial charge in [-0.25, -0.2) is 4.79 Å². The fourth-order valence-electron chi connectivity index (χ4n) is 1.18. The zero-order chi connectivity index (χ0) is 11.6. The van der Waals surface area contributed by atoms with E-state index in [1.807, 2.05) is 0 Å². The summed E-state index contributed by atoms with van der Waals surface area (Å²) >= 11 is 0.